The van der Waals surface area contributed by atoms with Gasteiger partial charge in [0, 0.05) is 30.9 Å². The number of anilines is 1. The Kier molecular flexibility index (Phi) is 4.15. The van der Waals surface area contributed by atoms with E-state index in [0.717, 1.165) is 44.2 Å². The zero-order valence-electron chi connectivity index (χ0n) is 10.0. The van der Waals surface area contributed by atoms with Crippen molar-refractivity contribution in [3.8, 4) is 0 Å². The molecule has 0 radical (unpaired) electrons. The Labute approximate surface area is 102 Å². The molecule has 1 saturated heterocycles. The molecule has 0 aliphatic carbocycles. The zero-order valence-corrected chi connectivity index (χ0v) is 10.0. The van der Waals surface area contributed by atoms with Crippen LogP contribution < -0.4 is 4.90 Å². The fourth-order valence-electron chi connectivity index (χ4n) is 2.43. The van der Waals surface area contributed by atoms with Crippen LogP contribution >= 0.6 is 0 Å². The van der Waals surface area contributed by atoms with Crippen LogP contribution in [0.2, 0.25) is 0 Å². The molecule has 1 heterocycles. The number of aliphatic hydroxyl groups is 1. The molecule has 1 aliphatic heterocycles. The quantitative estimate of drug-likeness (QED) is 0.810. The molecule has 2 rings (SSSR count). The van der Waals surface area contributed by atoms with Crippen molar-refractivity contribution in [3.05, 3.63) is 29.8 Å². The summed E-state index contributed by atoms with van der Waals surface area (Å²) in [4.78, 5) is 12.9. The molecule has 3 nitrogen and oxygen atoms in total. The minimum absolute atomic E-state index is 0.304. The lowest BCUT2D eigenvalue weighted by atomic mass is 9.93. The molecule has 0 atom stereocenters. The minimum Gasteiger partial charge on any atom is -0.396 e. The molecule has 1 fully saturated rings. The highest BCUT2D eigenvalue weighted by molar-refractivity contribution is 5.75. The normalized spacial score (nSPS) is 17.1. The van der Waals surface area contributed by atoms with Gasteiger partial charge in [-0.3, -0.25) is 4.79 Å². The summed E-state index contributed by atoms with van der Waals surface area (Å²) in [7, 11) is 0. The predicted molar refractivity (Wildman–Crippen MR) is 68.5 cm³/mol. The van der Waals surface area contributed by atoms with E-state index < -0.39 is 0 Å². The van der Waals surface area contributed by atoms with Crippen molar-refractivity contribution in [2.75, 3.05) is 24.6 Å². The fraction of sp³-hybridized carbons (Fsp3) is 0.500. The molecule has 0 spiro atoms. The number of aldehydes is 1. The highest BCUT2D eigenvalue weighted by atomic mass is 16.3. The topological polar surface area (TPSA) is 40.5 Å². The van der Waals surface area contributed by atoms with Gasteiger partial charge >= 0.3 is 0 Å². The van der Waals surface area contributed by atoms with E-state index in [-0.39, 0.29) is 0 Å². The third-order valence-electron chi connectivity index (χ3n) is 3.55. The smallest absolute Gasteiger partial charge is 0.150 e. The molecule has 0 saturated carbocycles. The second-order valence-corrected chi connectivity index (χ2v) is 4.65. The Morgan fingerprint density at radius 1 is 1.24 bits per heavy atom. The van der Waals surface area contributed by atoms with Gasteiger partial charge in [0.05, 0.1) is 0 Å². The first-order valence-electron chi connectivity index (χ1n) is 6.24. The lowest BCUT2D eigenvalue weighted by Gasteiger charge is -2.33. The van der Waals surface area contributed by atoms with Crippen molar-refractivity contribution in [2.24, 2.45) is 5.92 Å². The van der Waals surface area contributed by atoms with Gasteiger partial charge in [-0.05, 0) is 49.4 Å². The van der Waals surface area contributed by atoms with Gasteiger partial charge < -0.3 is 10.0 Å². The van der Waals surface area contributed by atoms with Gasteiger partial charge in [0.2, 0.25) is 0 Å². The van der Waals surface area contributed by atoms with E-state index in [9.17, 15) is 4.79 Å². The summed E-state index contributed by atoms with van der Waals surface area (Å²) in [6.07, 6.45) is 4.10. The molecule has 17 heavy (non-hydrogen) atoms. The summed E-state index contributed by atoms with van der Waals surface area (Å²) in [5.41, 5.74) is 1.92. The van der Waals surface area contributed by atoms with Crippen molar-refractivity contribution in [2.45, 2.75) is 19.3 Å². The van der Waals surface area contributed by atoms with Crippen molar-refractivity contribution in [1.29, 1.82) is 0 Å². The molecule has 1 N–H and O–H groups in total. The highest BCUT2D eigenvalue weighted by Gasteiger charge is 2.18. The van der Waals surface area contributed by atoms with E-state index >= 15 is 0 Å². The SMILES string of the molecule is O=Cc1ccc(N2CCC(CCO)CC2)cc1. The van der Waals surface area contributed by atoms with Crippen LogP contribution in [-0.4, -0.2) is 31.1 Å². The summed E-state index contributed by atoms with van der Waals surface area (Å²) in [6.45, 7) is 2.40. The second kappa shape index (κ2) is 5.82. The summed E-state index contributed by atoms with van der Waals surface area (Å²) in [5.74, 6) is 0.672. The van der Waals surface area contributed by atoms with Gasteiger partial charge in [0.1, 0.15) is 6.29 Å². The van der Waals surface area contributed by atoms with Crippen LogP contribution in [0.25, 0.3) is 0 Å². The molecule has 1 aromatic rings. The maximum absolute atomic E-state index is 10.6. The van der Waals surface area contributed by atoms with Gasteiger partial charge in [-0.25, -0.2) is 0 Å². The van der Waals surface area contributed by atoms with Crippen molar-refractivity contribution in [1.82, 2.24) is 0 Å². The van der Waals surface area contributed by atoms with Crippen LogP contribution in [0.5, 0.6) is 0 Å². The first kappa shape index (κ1) is 12.1. The molecule has 92 valence electrons. The van der Waals surface area contributed by atoms with Crippen molar-refractivity contribution >= 4 is 12.0 Å². The molecule has 1 aliphatic rings. The molecule has 0 bridgehead atoms. The average Bonchev–Trinajstić information content (AvgIpc) is 2.40. The monoisotopic (exact) mass is 233 g/mol. The molecular weight excluding hydrogens is 214 g/mol. The number of hydrogen-bond donors (Lipinski definition) is 1. The molecular formula is C14H19NO2. The van der Waals surface area contributed by atoms with Crippen LogP contribution in [0, 0.1) is 5.92 Å². The summed E-state index contributed by atoms with van der Waals surface area (Å²) >= 11 is 0. The Hall–Kier alpha value is -1.35. The third kappa shape index (κ3) is 3.07. The fourth-order valence-corrected chi connectivity index (χ4v) is 2.43. The number of carbonyl (C=O) groups is 1. The predicted octanol–water partition coefficient (Wildman–Crippen LogP) is 2.10. The van der Waals surface area contributed by atoms with Crippen LogP contribution in [0.15, 0.2) is 24.3 Å². The van der Waals surface area contributed by atoms with Crippen molar-refractivity contribution < 1.29 is 9.90 Å². The van der Waals surface area contributed by atoms with Gasteiger partial charge in [0.15, 0.2) is 0 Å². The summed E-state index contributed by atoms with van der Waals surface area (Å²) in [5, 5.41) is 8.91. The molecule has 0 amide bonds. The number of piperidine rings is 1. The van der Waals surface area contributed by atoms with E-state index in [1.807, 2.05) is 24.3 Å². The van der Waals surface area contributed by atoms with Crippen LogP contribution in [0.1, 0.15) is 29.6 Å². The highest BCUT2D eigenvalue weighted by Crippen LogP contribution is 2.24. The lowest BCUT2D eigenvalue weighted by Crippen LogP contribution is -2.33. The van der Waals surface area contributed by atoms with E-state index in [0.29, 0.717) is 12.5 Å². The van der Waals surface area contributed by atoms with Gasteiger partial charge in [-0.1, -0.05) is 0 Å². The number of rotatable bonds is 4. The van der Waals surface area contributed by atoms with Crippen molar-refractivity contribution in [3.63, 3.8) is 0 Å². The van der Waals surface area contributed by atoms with Crippen LogP contribution in [-0.2, 0) is 0 Å². The standard InChI is InChI=1S/C14H19NO2/c16-10-7-12-5-8-15(9-6-12)14-3-1-13(11-17)2-4-14/h1-4,11-12,16H,5-10H2. The number of nitrogens with zero attached hydrogens (tertiary/aromatic N) is 1. The first-order chi connectivity index (χ1) is 8.33. The molecule has 1 aromatic carbocycles. The summed E-state index contributed by atoms with van der Waals surface area (Å²) in [6, 6.07) is 7.75. The van der Waals surface area contributed by atoms with Gasteiger partial charge in [-0.2, -0.15) is 0 Å². The number of aliphatic hydroxyl groups excluding tert-OH is 1. The number of hydrogen-bond acceptors (Lipinski definition) is 3. The van der Waals surface area contributed by atoms with E-state index in [1.165, 1.54) is 5.69 Å². The lowest BCUT2D eigenvalue weighted by molar-refractivity contribution is 0.112. The van der Waals surface area contributed by atoms with Gasteiger partial charge in [-0.15, -0.1) is 0 Å². The molecule has 3 heteroatoms. The minimum atomic E-state index is 0.304. The van der Waals surface area contributed by atoms with E-state index in [1.54, 1.807) is 0 Å². The van der Waals surface area contributed by atoms with E-state index in [2.05, 4.69) is 4.90 Å². The maximum atomic E-state index is 10.6. The summed E-state index contributed by atoms with van der Waals surface area (Å²) < 4.78 is 0. The molecule has 0 aromatic heterocycles. The maximum Gasteiger partial charge on any atom is 0.150 e. The van der Waals surface area contributed by atoms with E-state index in [4.69, 9.17) is 5.11 Å². The molecule has 0 unspecified atom stereocenters. The van der Waals surface area contributed by atoms with Crippen LogP contribution in [0.4, 0.5) is 5.69 Å². The first-order valence-corrected chi connectivity index (χ1v) is 6.24. The number of carbonyl (C=O) groups excluding carboxylic acids is 1. The third-order valence-corrected chi connectivity index (χ3v) is 3.55. The van der Waals surface area contributed by atoms with Crippen LogP contribution in [0.3, 0.4) is 0 Å². The largest absolute Gasteiger partial charge is 0.396 e. The Morgan fingerprint density at radius 2 is 1.88 bits per heavy atom. The average molecular weight is 233 g/mol. The Balaban J connectivity index is 1.93. The van der Waals surface area contributed by atoms with Gasteiger partial charge in [0.25, 0.3) is 0 Å². The zero-order chi connectivity index (χ0) is 12.1. The Morgan fingerprint density at radius 3 is 2.41 bits per heavy atom. The number of benzene rings is 1. The Bertz CT molecular complexity index is 353. The second-order valence-electron chi connectivity index (χ2n) is 4.65.